The number of thiophene rings is 1. The number of carbonyl (C=O) groups is 1. The Bertz CT molecular complexity index is 800. The number of pyridine rings is 1. The number of esters is 1. The Hall–Kier alpha value is -1.91. The molecule has 0 saturated heterocycles. The minimum absolute atomic E-state index is 0.345. The highest BCUT2D eigenvalue weighted by Gasteiger charge is 2.32. The molecule has 0 N–H and O–H groups in total. The van der Waals surface area contributed by atoms with Gasteiger partial charge in [0.2, 0.25) is 0 Å². The summed E-state index contributed by atoms with van der Waals surface area (Å²) in [7, 11) is 1.38. The van der Waals surface area contributed by atoms with Gasteiger partial charge in [0.1, 0.15) is 0 Å². The van der Waals surface area contributed by atoms with Crippen molar-refractivity contribution < 1.29 is 14.1 Å². The third-order valence-electron chi connectivity index (χ3n) is 3.34. The van der Waals surface area contributed by atoms with E-state index in [1.807, 2.05) is 52.7 Å². The molecule has 2 heterocycles. The molecule has 0 fully saturated rings. The van der Waals surface area contributed by atoms with Crippen LogP contribution in [0.3, 0.4) is 0 Å². The third kappa shape index (κ3) is 2.64. The number of hydrogen-bond donors (Lipinski definition) is 0. The number of nitrogens with zero attached hydrogens (tertiary/aromatic N) is 1. The van der Waals surface area contributed by atoms with Gasteiger partial charge in [0, 0.05) is 10.8 Å². The molecule has 0 radical (unpaired) electrons. The SMILES string of the molecule is COC(=O)C(c1ccccc1Cl)[n+]1ccc2sccc2c1. The fourth-order valence-corrected chi connectivity index (χ4v) is 3.31. The van der Waals surface area contributed by atoms with Gasteiger partial charge in [-0.15, -0.1) is 11.3 Å². The van der Waals surface area contributed by atoms with Crippen molar-refractivity contribution in [2.24, 2.45) is 0 Å². The van der Waals surface area contributed by atoms with Crippen LogP contribution in [0.15, 0.2) is 54.2 Å². The van der Waals surface area contributed by atoms with Gasteiger partial charge in [-0.05, 0) is 17.5 Å². The van der Waals surface area contributed by atoms with Crippen LogP contribution in [0.25, 0.3) is 10.1 Å². The van der Waals surface area contributed by atoms with E-state index in [-0.39, 0.29) is 5.97 Å². The van der Waals surface area contributed by atoms with Crippen LogP contribution >= 0.6 is 22.9 Å². The monoisotopic (exact) mass is 318 g/mol. The average Bonchev–Trinajstić information content (AvgIpc) is 2.97. The number of ether oxygens (including phenoxy) is 1. The average molecular weight is 319 g/mol. The molecule has 0 aliphatic heterocycles. The Labute approximate surface area is 131 Å². The first kappa shape index (κ1) is 14.0. The van der Waals surface area contributed by atoms with E-state index in [2.05, 4.69) is 0 Å². The van der Waals surface area contributed by atoms with Crippen LogP contribution in [0, 0.1) is 0 Å². The number of halogens is 1. The number of carbonyl (C=O) groups excluding carboxylic acids is 1. The first-order valence-corrected chi connectivity index (χ1v) is 7.66. The van der Waals surface area contributed by atoms with E-state index in [9.17, 15) is 4.79 Å². The summed E-state index contributed by atoms with van der Waals surface area (Å²) in [5.41, 5.74) is 0.727. The molecule has 3 aromatic rings. The molecule has 2 aromatic heterocycles. The maximum Gasteiger partial charge on any atom is 0.380 e. The lowest BCUT2D eigenvalue weighted by atomic mass is 10.1. The summed E-state index contributed by atoms with van der Waals surface area (Å²) in [5.74, 6) is -0.345. The van der Waals surface area contributed by atoms with E-state index >= 15 is 0 Å². The molecule has 106 valence electrons. The van der Waals surface area contributed by atoms with Gasteiger partial charge in [-0.2, -0.15) is 4.57 Å². The first-order chi connectivity index (χ1) is 10.2. The van der Waals surface area contributed by atoms with E-state index in [1.165, 1.54) is 11.8 Å². The lowest BCUT2D eigenvalue weighted by molar-refractivity contribution is -0.700. The zero-order valence-electron chi connectivity index (χ0n) is 11.3. The van der Waals surface area contributed by atoms with Crippen LogP contribution < -0.4 is 4.57 Å². The van der Waals surface area contributed by atoms with Gasteiger partial charge in [-0.1, -0.05) is 29.8 Å². The van der Waals surface area contributed by atoms with Crippen LogP contribution in [0.2, 0.25) is 5.02 Å². The van der Waals surface area contributed by atoms with E-state index in [1.54, 1.807) is 17.4 Å². The van der Waals surface area contributed by atoms with Gasteiger partial charge in [0.15, 0.2) is 12.4 Å². The Morgan fingerprint density at radius 2 is 2.10 bits per heavy atom. The molecule has 3 rings (SSSR count). The fourth-order valence-electron chi connectivity index (χ4n) is 2.31. The highest BCUT2D eigenvalue weighted by atomic mass is 35.5. The number of aromatic nitrogens is 1. The molecule has 0 spiro atoms. The van der Waals surface area contributed by atoms with Gasteiger partial charge in [0.25, 0.3) is 6.04 Å². The number of fused-ring (bicyclic) bond motifs is 1. The zero-order chi connectivity index (χ0) is 14.8. The molecule has 5 heteroatoms. The van der Waals surface area contributed by atoms with Crippen LogP contribution in [-0.2, 0) is 9.53 Å². The fraction of sp³-hybridized carbons (Fsp3) is 0.125. The summed E-state index contributed by atoms with van der Waals surface area (Å²) in [6.45, 7) is 0. The summed E-state index contributed by atoms with van der Waals surface area (Å²) in [5, 5.41) is 3.66. The van der Waals surface area contributed by atoms with Gasteiger partial charge >= 0.3 is 5.97 Å². The molecule has 21 heavy (non-hydrogen) atoms. The second-order valence-corrected chi connectivity index (χ2v) is 5.93. The second kappa shape index (κ2) is 5.84. The van der Waals surface area contributed by atoms with E-state index in [4.69, 9.17) is 16.3 Å². The Morgan fingerprint density at radius 3 is 2.86 bits per heavy atom. The van der Waals surface area contributed by atoms with Crippen molar-refractivity contribution in [3.8, 4) is 0 Å². The van der Waals surface area contributed by atoms with Crippen molar-refractivity contribution in [3.05, 3.63) is 64.8 Å². The van der Waals surface area contributed by atoms with Crippen LogP contribution in [0.1, 0.15) is 11.6 Å². The van der Waals surface area contributed by atoms with Crippen molar-refractivity contribution in [2.45, 2.75) is 6.04 Å². The summed E-state index contributed by atoms with van der Waals surface area (Å²) in [6, 6.07) is 10.7. The maximum absolute atomic E-state index is 12.2. The number of benzene rings is 1. The van der Waals surface area contributed by atoms with Crippen LogP contribution in [0.5, 0.6) is 0 Å². The number of rotatable bonds is 3. The molecule has 1 aromatic carbocycles. The molecule has 0 aliphatic carbocycles. The minimum atomic E-state index is -0.590. The largest absolute Gasteiger partial charge is 0.464 e. The molecule has 3 nitrogen and oxygen atoms in total. The van der Waals surface area contributed by atoms with Crippen LogP contribution in [0.4, 0.5) is 0 Å². The topological polar surface area (TPSA) is 30.2 Å². The van der Waals surface area contributed by atoms with Crippen molar-refractivity contribution in [3.63, 3.8) is 0 Å². The lowest BCUT2D eigenvalue weighted by Gasteiger charge is -2.12. The Balaban J connectivity index is 2.15. The summed E-state index contributed by atoms with van der Waals surface area (Å²) < 4.78 is 7.96. The zero-order valence-corrected chi connectivity index (χ0v) is 12.9. The van der Waals surface area contributed by atoms with E-state index in [0.717, 1.165) is 10.9 Å². The molecule has 0 amide bonds. The molecular weight excluding hydrogens is 306 g/mol. The maximum atomic E-state index is 12.2. The van der Waals surface area contributed by atoms with Gasteiger partial charge in [-0.25, -0.2) is 4.79 Å². The van der Waals surface area contributed by atoms with Crippen molar-refractivity contribution in [2.75, 3.05) is 7.11 Å². The molecule has 0 saturated carbocycles. The molecule has 1 unspecified atom stereocenters. The van der Waals surface area contributed by atoms with E-state index in [0.29, 0.717) is 5.02 Å². The van der Waals surface area contributed by atoms with E-state index < -0.39 is 6.04 Å². The van der Waals surface area contributed by atoms with Crippen molar-refractivity contribution in [1.29, 1.82) is 0 Å². The second-order valence-electron chi connectivity index (χ2n) is 4.58. The molecule has 0 bridgehead atoms. The molecule has 0 aliphatic rings. The Kier molecular flexibility index (Phi) is 3.90. The predicted octanol–water partition coefficient (Wildman–Crippen LogP) is 3.60. The number of hydrogen-bond acceptors (Lipinski definition) is 3. The molecule has 1 atom stereocenters. The Morgan fingerprint density at radius 1 is 1.29 bits per heavy atom. The molecular formula is C16H13ClNO2S+. The van der Waals surface area contributed by atoms with Crippen molar-refractivity contribution >= 4 is 39.0 Å². The standard InChI is InChI=1S/C16H13ClNO2S/c1-20-16(19)15(12-4-2-3-5-13(12)17)18-8-6-14-11(10-18)7-9-21-14/h2-10,15H,1H3/q+1. The summed E-state index contributed by atoms with van der Waals surface area (Å²) in [4.78, 5) is 12.2. The van der Waals surface area contributed by atoms with Gasteiger partial charge in [-0.3, -0.25) is 0 Å². The smallest absolute Gasteiger partial charge is 0.380 e. The van der Waals surface area contributed by atoms with Gasteiger partial charge in [0.05, 0.1) is 23.1 Å². The van der Waals surface area contributed by atoms with Crippen LogP contribution in [-0.4, -0.2) is 13.1 Å². The lowest BCUT2D eigenvalue weighted by Crippen LogP contribution is -2.44. The quantitative estimate of drug-likeness (QED) is 0.545. The minimum Gasteiger partial charge on any atom is -0.464 e. The highest BCUT2D eigenvalue weighted by Crippen LogP contribution is 2.25. The summed E-state index contributed by atoms with van der Waals surface area (Å²) in [6.07, 6.45) is 3.82. The number of methoxy groups -OCH3 is 1. The predicted molar refractivity (Wildman–Crippen MR) is 83.6 cm³/mol. The normalized spacial score (nSPS) is 12.3. The van der Waals surface area contributed by atoms with Gasteiger partial charge < -0.3 is 4.74 Å². The van der Waals surface area contributed by atoms with Crippen molar-refractivity contribution in [1.82, 2.24) is 0 Å². The third-order valence-corrected chi connectivity index (χ3v) is 4.58. The first-order valence-electron chi connectivity index (χ1n) is 6.41. The summed E-state index contributed by atoms with van der Waals surface area (Å²) >= 11 is 7.91. The highest BCUT2D eigenvalue weighted by molar-refractivity contribution is 7.17.